The number of rotatable bonds is 3. The maximum atomic E-state index is 11.3. The van der Waals surface area contributed by atoms with E-state index in [0.29, 0.717) is 6.61 Å². The fourth-order valence-corrected chi connectivity index (χ4v) is 1.88. The summed E-state index contributed by atoms with van der Waals surface area (Å²) in [7, 11) is 0. The Kier molecular flexibility index (Phi) is 3.24. The molecule has 1 aromatic carbocycles. The molecule has 1 N–H and O–H groups in total. The summed E-state index contributed by atoms with van der Waals surface area (Å²) in [5.74, 6) is -0.240. The third-order valence-corrected chi connectivity index (χ3v) is 2.72. The van der Waals surface area contributed by atoms with Gasteiger partial charge < -0.3 is 4.74 Å². The van der Waals surface area contributed by atoms with Crippen molar-refractivity contribution in [3.63, 3.8) is 0 Å². The quantitative estimate of drug-likeness (QED) is 0.880. The van der Waals surface area contributed by atoms with Crippen molar-refractivity contribution in [2.45, 2.75) is 13.3 Å². The van der Waals surface area contributed by atoms with E-state index in [1.165, 1.54) is 0 Å². The Morgan fingerprint density at radius 2 is 2.38 bits per heavy atom. The molecule has 0 aliphatic rings. The molecule has 0 aliphatic heterocycles. The highest BCUT2D eigenvalue weighted by molar-refractivity contribution is 9.10. The summed E-state index contributed by atoms with van der Waals surface area (Å²) in [6, 6.07) is 5.75. The maximum absolute atomic E-state index is 11.3. The fraction of sp³-hybridized carbons (Fsp3) is 0.273. The largest absolute Gasteiger partial charge is 0.466 e. The van der Waals surface area contributed by atoms with Gasteiger partial charge in [0.25, 0.3) is 0 Å². The Labute approximate surface area is 101 Å². The van der Waals surface area contributed by atoms with Crippen LogP contribution in [0.5, 0.6) is 0 Å². The molecule has 0 unspecified atom stereocenters. The summed E-state index contributed by atoms with van der Waals surface area (Å²) in [6.45, 7) is 2.19. The molecule has 0 bridgehead atoms. The Bertz CT molecular complexity index is 522. The van der Waals surface area contributed by atoms with Crippen molar-refractivity contribution in [2.24, 2.45) is 0 Å². The first-order valence-electron chi connectivity index (χ1n) is 4.99. The van der Waals surface area contributed by atoms with Crippen molar-refractivity contribution in [3.8, 4) is 0 Å². The topological polar surface area (TPSA) is 55.0 Å². The van der Waals surface area contributed by atoms with Gasteiger partial charge in [-0.05, 0) is 25.1 Å². The van der Waals surface area contributed by atoms with Crippen LogP contribution in [0.15, 0.2) is 22.7 Å². The van der Waals surface area contributed by atoms with Crippen molar-refractivity contribution in [1.29, 1.82) is 0 Å². The average molecular weight is 283 g/mol. The van der Waals surface area contributed by atoms with Gasteiger partial charge in [-0.15, -0.1) is 0 Å². The molecule has 1 heterocycles. The molecule has 2 aromatic rings. The van der Waals surface area contributed by atoms with Gasteiger partial charge in [-0.2, -0.15) is 5.10 Å². The molecule has 0 radical (unpaired) electrons. The number of nitrogens with one attached hydrogen (secondary N) is 1. The van der Waals surface area contributed by atoms with Crippen molar-refractivity contribution in [1.82, 2.24) is 10.2 Å². The van der Waals surface area contributed by atoms with E-state index in [9.17, 15) is 4.79 Å². The van der Waals surface area contributed by atoms with E-state index >= 15 is 0 Å². The van der Waals surface area contributed by atoms with E-state index in [-0.39, 0.29) is 12.4 Å². The molecule has 1 aromatic heterocycles. The number of halogens is 1. The molecule has 0 saturated carbocycles. The molecule has 0 spiro atoms. The number of carbonyl (C=O) groups is 1. The molecule has 5 heteroatoms. The van der Waals surface area contributed by atoms with Crippen LogP contribution in [0, 0.1) is 0 Å². The van der Waals surface area contributed by atoms with E-state index in [1.807, 2.05) is 18.2 Å². The van der Waals surface area contributed by atoms with Gasteiger partial charge in [0, 0.05) is 9.86 Å². The average Bonchev–Trinajstić information content (AvgIpc) is 2.61. The van der Waals surface area contributed by atoms with Crippen LogP contribution in [0.4, 0.5) is 0 Å². The number of ether oxygens (including phenoxy) is 1. The minimum Gasteiger partial charge on any atom is -0.466 e. The summed E-state index contributed by atoms with van der Waals surface area (Å²) >= 11 is 3.37. The molecule has 0 fully saturated rings. The third kappa shape index (κ3) is 2.24. The molecule has 16 heavy (non-hydrogen) atoms. The zero-order valence-electron chi connectivity index (χ0n) is 8.79. The van der Waals surface area contributed by atoms with Crippen LogP contribution < -0.4 is 0 Å². The van der Waals surface area contributed by atoms with Gasteiger partial charge in [-0.25, -0.2) is 0 Å². The summed E-state index contributed by atoms with van der Waals surface area (Å²) in [4.78, 5) is 11.3. The standard InChI is InChI=1S/C11H11BrN2O2/c1-2-16-11(15)6-10-8-4-3-7(12)5-9(8)13-14-10/h3-5H,2,6H2,1H3,(H,13,14). The molecule has 0 amide bonds. The number of hydrogen-bond acceptors (Lipinski definition) is 3. The number of esters is 1. The Morgan fingerprint density at radius 3 is 3.12 bits per heavy atom. The Morgan fingerprint density at radius 1 is 1.56 bits per heavy atom. The minimum absolute atomic E-state index is 0.228. The lowest BCUT2D eigenvalue weighted by molar-refractivity contribution is -0.142. The summed E-state index contributed by atoms with van der Waals surface area (Å²) in [5.41, 5.74) is 1.63. The SMILES string of the molecule is CCOC(=O)Cc1[nH]nc2cc(Br)ccc12. The van der Waals surface area contributed by atoms with Crippen LogP contribution in [0.3, 0.4) is 0 Å². The van der Waals surface area contributed by atoms with Crippen LogP contribution in [0.1, 0.15) is 12.6 Å². The molecule has 4 nitrogen and oxygen atoms in total. The first-order chi connectivity index (χ1) is 7.70. The molecule has 2 rings (SSSR count). The highest BCUT2D eigenvalue weighted by Crippen LogP contribution is 2.20. The fourth-order valence-electron chi connectivity index (χ4n) is 1.53. The minimum atomic E-state index is -0.240. The van der Waals surface area contributed by atoms with Crippen molar-refractivity contribution < 1.29 is 9.53 Å². The van der Waals surface area contributed by atoms with Crippen molar-refractivity contribution >= 4 is 32.8 Å². The Hall–Kier alpha value is -1.36. The summed E-state index contributed by atoms with van der Waals surface area (Å²) in [5, 5.41) is 7.94. The normalized spacial score (nSPS) is 10.6. The highest BCUT2D eigenvalue weighted by Gasteiger charge is 2.10. The molecule has 84 valence electrons. The second kappa shape index (κ2) is 4.65. The van der Waals surface area contributed by atoms with Gasteiger partial charge >= 0.3 is 5.97 Å². The molecular formula is C11H11BrN2O2. The Balaban J connectivity index is 2.28. The van der Waals surface area contributed by atoms with Crippen LogP contribution in [0.25, 0.3) is 10.9 Å². The number of nitrogens with zero attached hydrogens (tertiary/aromatic N) is 1. The summed E-state index contributed by atoms with van der Waals surface area (Å²) < 4.78 is 5.86. The van der Waals surface area contributed by atoms with Gasteiger partial charge in [0.2, 0.25) is 0 Å². The second-order valence-electron chi connectivity index (χ2n) is 3.35. The van der Waals surface area contributed by atoms with Crippen LogP contribution in [-0.4, -0.2) is 22.8 Å². The van der Waals surface area contributed by atoms with Gasteiger partial charge in [0.15, 0.2) is 0 Å². The van der Waals surface area contributed by atoms with Crippen LogP contribution in [0.2, 0.25) is 0 Å². The lowest BCUT2D eigenvalue weighted by Crippen LogP contribution is -2.07. The number of aromatic amines is 1. The second-order valence-corrected chi connectivity index (χ2v) is 4.26. The van der Waals surface area contributed by atoms with E-state index in [0.717, 1.165) is 21.1 Å². The van der Waals surface area contributed by atoms with Crippen LogP contribution >= 0.6 is 15.9 Å². The first-order valence-corrected chi connectivity index (χ1v) is 5.78. The molecule has 0 aliphatic carbocycles. The van der Waals surface area contributed by atoms with Crippen LogP contribution in [-0.2, 0) is 16.0 Å². The van der Waals surface area contributed by atoms with E-state index in [1.54, 1.807) is 6.92 Å². The lowest BCUT2D eigenvalue weighted by Gasteiger charge is -1.99. The van der Waals surface area contributed by atoms with Crippen molar-refractivity contribution in [3.05, 3.63) is 28.4 Å². The van der Waals surface area contributed by atoms with Gasteiger partial charge in [-0.3, -0.25) is 9.89 Å². The smallest absolute Gasteiger partial charge is 0.311 e. The zero-order valence-corrected chi connectivity index (χ0v) is 10.4. The molecular weight excluding hydrogens is 272 g/mol. The van der Waals surface area contributed by atoms with E-state index in [2.05, 4.69) is 26.1 Å². The zero-order chi connectivity index (χ0) is 11.5. The number of hydrogen-bond donors (Lipinski definition) is 1. The van der Waals surface area contributed by atoms with Gasteiger partial charge in [-0.1, -0.05) is 15.9 Å². The first kappa shape index (κ1) is 11.1. The number of H-pyrrole nitrogens is 1. The number of carbonyl (C=O) groups excluding carboxylic acids is 1. The highest BCUT2D eigenvalue weighted by atomic mass is 79.9. The van der Waals surface area contributed by atoms with E-state index in [4.69, 9.17) is 4.74 Å². The molecule has 0 saturated heterocycles. The van der Waals surface area contributed by atoms with E-state index < -0.39 is 0 Å². The lowest BCUT2D eigenvalue weighted by atomic mass is 10.2. The summed E-state index contributed by atoms with van der Waals surface area (Å²) in [6.07, 6.45) is 0.228. The number of fused-ring (bicyclic) bond motifs is 1. The number of aromatic nitrogens is 2. The monoisotopic (exact) mass is 282 g/mol. The number of benzene rings is 1. The third-order valence-electron chi connectivity index (χ3n) is 2.22. The van der Waals surface area contributed by atoms with Gasteiger partial charge in [0.05, 0.1) is 24.2 Å². The molecule has 0 atom stereocenters. The maximum Gasteiger partial charge on any atom is 0.311 e. The predicted molar refractivity (Wildman–Crippen MR) is 64.1 cm³/mol. The van der Waals surface area contributed by atoms with Crippen molar-refractivity contribution in [2.75, 3.05) is 6.61 Å². The predicted octanol–water partition coefficient (Wildman–Crippen LogP) is 2.43. The van der Waals surface area contributed by atoms with Gasteiger partial charge in [0.1, 0.15) is 0 Å².